The molecule has 1 saturated heterocycles. The normalized spacial score (nSPS) is 15.6. The van der Waals surface area contributed by atoms with Gasteiger partial charge in [0.25, 0.3) is 5.56 Å². The minimum atomic E-state index is -0.290. The fourth-order valence-electron chi connectivity index (χ4n) is 3.56. The van der Waals surface area contributed by atoms with E-state index in [-0.39, 0.29) is 16.7 Å². The van der Waals surface area contributed by atoms with Crippen LogP contribution < -0.4 is 10.9 Å². The second-order valence-corrected chi connectivity index (χ2v) is 8.91. The summed E-state index contributed by atoms with van der Waals surface area (Å²) in [5.74, 6) is -0.0129. The van der Waals surface area contributed by atoms with Crippen LogP contribution in [0, 0.1) is 6.92 Å². The van der Waals surface area contributed by atoms with E-state index < -0.39 is 0 Å². The Morgan fingerprint density at radius 3 is 2.65 bits per heavy atom. The zero-order valence-corrected chi connectivity index (χ0v) is 19.4. The molecule has 31 heavy (non-hydrogen) atoms. The second-order valence-electron chi connectivity index (χ2n) is 7.74. The number of nitrogens with one attached hydrogen (secondary N) is 1. The van der Waals surface area contributed by atoms with Crippen LogP contribution in [-0.2, 0) is 23.0 Å². The van der Waals surface area contributed by atoms with Gasteiger partial charge < -0.3 is 10.1 Å². The quantitative estimate of drug-likeness (QED) is 0.471. The molecule has 1 N–H and O–H groups in total. The summed E-state index contributed by atoms with van der Waals surface area (Å²) in [5, 5.41) is 3.33. The van der Waals surface area contributed by atoms with E-state index in [0.717, 1.165) is 44.1 Å². The number of carbonyl (C=O) groups is 1. The number of morpholine rings is 1. The van der Waals surface area contributed by atoms with Crippen LogP contribution in [0.4, 0.5) is 0 Å². The predicted molar refractivity (Wildman–Crippen MR) is 124 cm³/mol. The average Bonchev–Trinajstić information content (AvgIpc) is 2.79. The lowest BCUT2D eigenvalue weighted by atomic mass is 10.1. The largest absolute Gasteiger partial charge is 0.379 e. The molecule has 1 aliphatic heterocycles. The number of amides is 1. The standard InChI is InChI=1S/C23H32N4O3S/c1-4-20(21(28)24-10-11-27-12-14-30-15-13-27)31-23-25-17(2)19(22(29)26(23)3)16-18-8-6-5-7-9-18/h5-9,20H,4,10-16H2,1-3H3,(H,24,28). The van der Waals surface area contributed by atoms with Crippen LogP contribution in [0.25, 0.3) is 0 Å². The lowest BCUT2D eigenvalue weighted by Gasteiger charge is -2.26. The third-order valence-electron chi connectivity index (χ3n) is 5.52. The molecule has 8 heteroatoms. The molecule has 0 saturated carbocycles. The van der Waals surface area contributed by atoms with E-state index in [9.17, 15) is 9.59 Å². The van der Waals surface area contributed by atoms with Gasteiger partial charge in [0.1, 0.15) is 0 Å². The van der Waals surface area contributed by atoms with Crippen molar-refractivity contribution in [2.75, 3.05) is 39.4 Å². The van der Waals surface area contributed by atoms with E-state index in [0.29, 0.717) is 30.1 Å². The Morgan fingerprint density at radius 2 is 1.97 bits per heavy atom. The Morgan fingerprint density at radius 1 is 1.26 bits per heavy atom. The van der Waals surface area contributed by atoms with E-state index in [1.165, 1.54) is 11.8 Å². The predicted octanol–water partition coefficient (Wildman–Crippen LogP) is 2.00. The van der Waals surface area contributed by atoms with Crippen molar-refractivity contribution >= 4 is 17.7 Å². The molecule has 1 unspecified atom stereocenters. The highest BCUT2D eigenvalue weighted by molar-refractivity contribution is 8.00. The van der Waals surface area contributed by atoms with Crippen molar-refractivity contribution in [2.24, 2.45) is 7.05 Å². The molecular formula is C23H32N4O3S. The zero-order valence-electron chi connectivity index (χ0n) is 18.6. The maximum atomic E-state index is 13.0. The van der Waals surface area contributed by atoms with Crippen molar-refractivity contribution in [3.63, 3.8) is 0 Å². The number of hydrogen-bond donors (Lipinski definition) is 1. The molecule has 3 rings (SSSR count). The highest BCUT2D eigenvalue weighted by Gasteiger charge is 2.22. The van der Waals surface area contributed by atoms with Crippen LogP contribution in [0.2, 0.25) is 0 Å². The van der Waals surface area contributed by atoms with Gasteiger partial charge in [0.2, 0.25) is 5.91 Å². The molecule has 1 aliphatic rings. The number of hydrogen-bond acceptors (Lipinski definition) is 6. The molecular weight excluding hydrogens is 412 g/mol. The van der Waals surface area contributed by atoms with Crippen LogP contribution in [0.1, 0.15) is 30.2 Å². The number of ether oxygens (including phenoxy) is 1. The first-order chi connectivity index (χ1) is 15.0. The molecule has 1 aromatic heterocycles. The lowest BCUT2D eigenvalue weighted by Crippen LogP contribution is -2.43. The minimum Gasteiger partial charge on any atom is -0.379 e. The van der Waals surface area contributed by atoms with Gasteiger partial charge in [0.15, 0.2) is 5.16 Å². The smallest absolute Gasteiger partial charge is 0.257 e. The molecule has 0 aliphatic carbocycles. The number of thioether (sulfide) groups is 1. The monoisotopic (exact) mass is 444 g/mol. The summed E-state index contributed by atoms with van der Waals surface area (Å²) in [6, 6.07) is 9.92. The minimum absolute atomic E-state index is 0.0129. The average molecular weight is 445 g/mol. The first kappa shape index (κ1) is 23.5. The van der Waals surface area contributed by atoms with Gasteiger partial charge >= 0.3 is 0 Å². The molecule has 0 bridgehead atoms. The molecule has 168 valence electrons. The van der Waals surface area contributed by atoms with Crippen LogP contribution in [0.5, 0.6) is 0 Å². The lowest BCUT2D eigenvalue weighted by molar-refractivity contribution is -0.120. The molecule has 0 radical (unpaired) electrons. The highest BCUT2D eigenvalue weighted by Crippen LogP contribution is 2.24. The van der Waals surface area contributed by atoms with Crippen molar-refractivity contribution in [3.8, 4) is 0 Å². The fourth-order valence-corrected chi connectivity index (χ4v) is 4.61. The van der Waals surface area contributed by atoms with Gasteiger partial charge in [-0.1, -0.05) is 49.0 Å². The van der Waals surface area contributed by atoms with Crippen LogP contribution in [-0.4, -0.2) is 65.0 Å². The van der Waals surface area contributed by atoms with E-state index >= 15 is 0 Å². The third-order valence-corrected chi connectivity index (χ3v) is 6.92. The summed E-state index contributed by atoms with van der Waals surface area (Å²) in [7, 11) is 1.73. The summed E-state index contributed by atoms with van der Waals surface area (Å²) in [6.45, 7) is 8.59. The molecule has 1 aromatic carbocycles. The molecule has 2 heterocycles. The Labute approximate surface area is 188 Å². The van der Waals surface area contributed by atoms with Gasteiger partial charge in [-0.25, -0.2) is 4.98 Å². The van der Waals surface area contributed by atoms with E-state index in [1.54, 1.807) is 11.6 Å². The van der Waals surface area contributed by atoms with Gasteiger partial charge in [-0.3, -0.25) is 19.1 Å². The summed E-state index contributed by atoms with van der Waals surface area (Å²) >= 11 is 1.36. The summed E-state index contributed by atoms with van der Waals surface area (Å²) in [4.78, 5) is 32.7. The Hall–Kier alpha value is -2.16. The van der Waals surface area contributed by atoms with Gasteiger partial charge in [-0.05, 0) is 18.9 Å². The van der Waals surface area contributed by atoms with Crippen LogP contribution in [0.15, 0.2) is 40.3 Å². The topological polar surface area (TPSA) is 76.5 Å². The first-order valence-electron chi connectivity index (χ1n) is 10.8. The fraction of sp³-hybridized carbons (Fsp3) is 0.522. The molecule has 0 spiro atoms. The number of benzene rings is 1. The Balaban J connectivity index is 1.64. The summed E-state index contributed by atoms with van der Waals surface area (Å²) < 4.78 is 6.92. The zero-order chi connectivity index (χ0) is 22.2. The number of carbonyl (C=O) groups excluding carboxylic acids is 1. The molecule has 7 nitrogen and oxygen atoms in total. The van der Waals surface area contributed by atoms with Crippen LogP contribution in [0.3, 0.4) is 0 Å². The van der Waals surface area contributed by atoms with Gasteiger partial charge in [0, 0.05) is 50.9 Å². The molecule has 1 atom stereocenters. The van der Waals surface area contributed by atoms with Crippen molar-refractivity contribution < 1.29 is 9.53 Å². The van der Waals surface area contributed by atoms with Gasteiger partial charge in [0.05, 0.1) is 18.5 Å². The van der Waals surface area contributed by atoms with Crippen LogP contribution >= 0.6 is 11.8 Å². The van der Waals surface area contributed by atoms with E-state index in [2.05, 4.69) is 15.2 Å². The van der Waals surface area contributed by atoms with Crippen molar-refractivity contribution in [3.05, 3.63) is 57.5 Å². The first-order valence-corrected chi connectivity index (χ1v) is 11.7. The summed E-state index contributed by atoms with van der Waals surface area (Å²) in [5.41, 5.74) is 2.44. The van der Waals surface area contributed by atoms with Gasteiger partial charge in [-0.15, -0.1) is 0 Å². The highest BCUT2D eigenvalue weighted by atomic mass is 32.2. The molecule has 1 amide bonds. The maximum Gasteiger partial charge on any atom is 0.257 e. The number of nitrogens with zero attached hydrogens (tertiary/aromatic N) is 3. The maximum absolute atomic E-state index is 13.0. The number of aromatic nitrogens is 2. The third kappa shape index (κ3) is 6.41. The second kappa shape index (κ2) is 11.5. The Bertz CT molecular complexity index is 926. The SMILES string of the molecule is CCC(Sc1nc(C)c(Cc2ccccc2)c(=O)n1C)C(=O)NCCN1CCOCC1. The molecule has 1 fully saturated rings. The van der Waals surface area contributed by atoms with E-state index in [1.807, 2.05) is 44.2 Å². The van der Waals surface area contributed by atoms with Gasteiger partial charge in [-0.2, -0.15) is 0 Å². The Kier molecular flexibility index (Phi) is 8.69. The molecule has 2 aromatic rings. The van der Waals surface area contributed by atoms with Crippen molar-refractivity contribution in [2.45, 2.75) is 37.1 Å². The van der Waals surface area contributed by atoms with E-state index in [4.69, 9.17) is 4.74 Å². The number of aryl methyl sites for hydroxylation is 1. The summed E-state index contributed by atoms with van der Waals surface area (Å²) in [6.07, 6.45) is 1.21. The van der Waals surface area contributed by atoms with Crippen molar-refractivity contribution in [1.82, 2.24) is 19.8 Å². The number of rotatable bonds is 9. The van der Waals surface area contributed by atoms with Crippen molar-refractivity contribution in [1.29, 1.82) is 0 Å².